The van der Waals surface area contributed by atoms with Crippen LogP contribution < -0.4 is 14.8 Å². The highest BCUT2D eigenvalue weighted by molar-refractivity contribution is 6.00. The summed E-state index contributed by atoms with van der Waals surface area (Å²) < 4.78 is 10.6. The monoisotopic (exact) mass is 435 g/mol. The molecule has 1 unspecified atom stereocenters. The van der Waals surface area contributed by atoms with Gasteiger partial charge in [0, 0.05) is 42.7 Å². The Hall–Kier alpha value is -3.48. The topological polar surface area (TPSA) is 83.7 Å². The molecule has 32 heavy (non-hydrogen) atoms. The molecule has 1 aliphatic heterocycles. The molecule has 7 nitrogen and oxygen atoms in total. The summed E-state index contributed by atoms with van der Waals surface area (Å²) in [4.78, 5) is 31.8. The Kier molecular flexibility index (Phi) is 6.63. The lowest BCUT2D eigenvalue weighted by Gasteiger charge is -2.31. The van der Waals surface area contributed by atoms with E-state index < -0.39 is 6.04 Å². The molecule has 1 aromatic heterocycles. The van der Waals surface area contributed by atoms with Gasteiger partial charge in [-0.05, 0) is 43.0 Å². The molecule has 0 spiro atoms. The van der Waals surface area contributed by atoms with Crippen molar-refractivity contribution in [3.63, 3.8) is 0 Å². The first-order chi connectivity index (χ1) is 15.6. The number of aromatic nitrogens is 1. The van der Waals surface area contributed by atoms with Gasteiger partial charge in [-0.15, -0.1) is 0 Å². The molecule has 0 aliphatic carbocycles. The number of methoxy groups -OCH3 is 2. The minimum atomic E-state index is -0.674. The standard InChI is InChI=1S/C25H29N3O4/c1-31-18-10-11-20(23(15-18)32-2)24(29)27-22(25(30)28-12-6-3-7-13-28)14-17-16-26-21-9-5-4-8-19(17)21/h4-5,8-11,15-16,22,26H,3,6-7,12-14H2,1-2H3,(H,27,29). The van der Waals surface area contributed by atoms with Gasteiger partial charge in [0.05, 0.1) is 19.8 Å². The van der Waals surface area contributed by atoms with Crippen molar-refractivity contribution in [1.29, 1.82) is 0 Å². The summed E-state index contributed by atoms with van der Waals surface area (Å²) in [6.45, 7) is 1.45. The molecule has 2 aromatic carbocycles. The van der Waals surface area contributed by atoms with Crippen molar-refractivity contribution >= 4 is 22.7 Å². The van der Waals surface area contributed by atoms with Gasteiger partial charge in [-0.2, -0.15) is 0 Å². The quantitative estimate of drug-likeness (QED) is 0.595. The number of para-hydroxylation sites is 1. The first-order valence-corrected chi connectivity index (χ1v) is 11.0. The normalized spacial score (nSPS) is 14.8. The first kappa shape index (κ1) is 21.7. The van der Waals surface area contributed by atoms with E-state index in [2.05, 4.69) is 10.3 Å². The lowest BCUT2D eigenvalue weighted by molar-refractivity contribution is -0.134. The van der Waals surface area contributed by atoms with Crippen LogP contribution in [0.1, 0.15) is 35.2 Å². The minimum Gasteiger partial charge on any atom is -0.497 e. The number of ether oxygens (including phenoxy) is 2. The molecule has 2 N–H and O–H groups in total. The lowest BCUT2D eigenvalue weighted by Crippen LogP contribution is -2.51. The molecule has 3 aromatic rings. The smallest absolute Gasteiger partial charge is 0.255 e. The fraction of sp³-hybridized carbons (Fsp3) is 0.360. The van der Waals surface area contributed by atoms with E-state index in [4.69, 9.17) is 9.47 Å². The number of aromatic amines is 1. The fourth-order valence-electron chi connectivity index (χ4n) is 4.28. The Morgan fingerprint density at radius 2 is 1.84 bits per heavy atom. The second-order valence-corrected chi connectivity index (χ2v) is 8.04. The Bertz CT molecular complexity index is 1100. The number of nitrogens with one attached hydrogen (secondary N) is 2. The van der Waals surface area contributed by atoms with Crippen molar-refractivity contribution in [2.75, 3.05) is 27.3 Å². The number of likely N-dealkylation sites (tertiary alicyclic amines) is 1. The molecular weight excluding hydrogens is 406 g/mol. The maximum Gasteiger partial charge on any atom is 0.255 e. The van der Waals surface area contributed by atoms with Crippen LogP contribution in [0, 0.1) is 0 Å². The number of hydrogen-bond acceptors (Lipinski definition) is 4. The zero-order valence-electron chi connectivity index (χ0n) is 18.5. The number of H-pyrrole nitrogens is 1. The summed E-state index contributed by atoms with van der Waals surface area (Å²) in [5.74, 6) is 0.603. The number of nitrogens with zero attached hydrogens (tertiary/aromatic N) is 1. The average Bonchev–Trinajstić information content (AvgIpc) is 3.26. The summed E-state index contributed by atoms with van der Waals surface area (Å²) >= 11 is 0. The number of carbonyl (C=O) groups is 2. The number of amides is 2. The zero-order chi connectivity index (χ0) is 22.5. The van der Waals surface area contributed by atoms with Gasteiger partial charge in [0.2, 0.25) is 5.91 Å². The summed E-state index contributed by atoms with van der Waals surface area (Å²) in [5, 5.41) is 4.04. The predicted octanol–water partition coefficient (Wildman–Crippen LogP) is 3.54. The number of piperidine rings is 1. The van der Waals surface area contributed by atoms with Crippen molar-refractivity contribution in [3.8, 4) is 11.5 Å². The molecule has 7 heteroatoms. The van der Waals surface area contributed by atoms with Crippen LogP contribution in [-0.2, 0) is 11.2 Å². The number of hydrogen-bond donors (Lipinski definition) is 2. The third kappa shape index (κ3) is 4.56. The van der Waals surface area contributed by atoms with E-state index in [1.54, 1.807) is 25.3 Å². The predicted molar refractivity (Wildman–Crippen MR) is 123 cm³/mol. The molecule has 0 bridgehead atoms. The van der Waals surface area contributed by atoms with Crippen molar-refractivity contribution in [2.45, 2.75) is 31.7 Å². The summed E-state index contributed by atoms with van der Waals surface area (Å²) in [5.41, 5.74) is 2.37. The van der Waals surface area contributed by atoms with Crippen LogP contribution in [0.15, 0.2) is 48.7 Å². The number of rotatable bonds is 7. The largest absolute Gasteiger partial charge is 0.497 e. The van der Waals surface area contributed by atoms with Crippen LogP contribution in [0.4, 0.5) is 0 Å². The minimum absolute atomic E-state index is 0.0455. The molecule has 1 atom stereocenters. The van der Waals surface area contributed by atoms with E-state index >= 15 is 0 Å². The van der Waals surface area contributed by atoms with Crippen LogP contribution in [0.3, 0.4) is 0 Å². The van der Waals surface area contributed by atoms with E-state index in [0.717, 1.165) is 48.8 Å². The molecule has 1 aliphatic rings. The lowest BCUT2D eigenvalue weighted by atomic mass is 10.0. The molecule has 1 saturated heterocycles. The first-order valence-electron chi connectivity index (χ1n) is 11.0. The van der Waals surface area contributed by atoms with Gasteiger partial charge in [-0.1, -0.05) is 18.2 Å². The highest BCUT2D eigenvalue weighted by Gasteiger charge is 2.29. The van der Waals surface area contributed by atoms with Gasteiger partial charge in [0.25, 0.3) is 5.91 Å². The molecule has 0 radical (unpaired) electrons. The van der Waals surface area contributed by atoms with Crippen LogP contribution >= 0.6 is 0 Å². The third-order valence-corrected chi connectivity index (χ3v) is 6.02. The molecule has 168 valence electrons. The van der Waals surface area contributed by atoms with Crippen molar-refractivity contribution in [2.24, 2.45) is 0 Å². The van der Waals surface area contributed by atoms with E-state index in [-0.39, 0.29) is 11.8 Å². The molecule has 0 saturated carbocycles. The van der Waals surface area contributed by atoms with Gasteiger partial charge >= 0.3 is 0 Å². The summed E-state index contributed by atoms with van der Waals surface area (Å²) in [7, 11) is 3.07. The molecular formula is C25H29N3O4. The van der Waals surface area contributed by atoms with Gasteiger partial charge in [-0.3, -0.25) is 9.59 Å². The third-order valence-electron chi connectivity index (χ3n) is 6.02. The van der Waals surface area contributed by atoms with Crippen LogP contribution in [-0.4, -0.2) is 55.0 Å². The van der Waals surface area contributed by atoms with Crippen molar-refractivity contribution < 1.29 is 19.1 Å². The average molecular weight is 436 g/mol. The fourth-order valence-corrected chi connectivity index (χ4v) is 4.28. The molecule has 2 heterocycles. The highest BCUT2D eigenvalue weighted by Crippen LogP contribution is 2.25. The maximum absolute atomic E-state index is 13.4. The van der Waals surface area contributed by atoms with E-state index in [9.17, 15) is 9.59 Å². The van der Waals surface area contributed by atoms with Crippen molar-refractivity contribution in [1.82, 2.24) is 15.2 Å². The van der Waals surface area contributed by atoms with E-state index in [0.29, 0.717) is 23.5 Å². The summed E-state index contributed by atoms with van der Waals surface area (Å²) in [6.07, 6.45) is 5.44. The van der Waals surface area contributed by atoms with Gasteiger partial charge in [-0.25, -0.2) is 0 Å². The molecule has 2 amide bonds. The van der Waals surface area contributed by atoms with Crippen molar-refractivity contribution in [3.05, 3.63) is 59.8 Å². The number of carbonyl (C=O) groups excluding carboxylic acids is 2. The Morgan fingerprint density at radius 3 is 2.59 bits per heavy atom. The Morgan fingerprint density at radius 1 is 1.06 bits per heavy atom. The van der Waals surface area contributed by atoms with Gasteiger partial charge in [0.1, 0.15) is 17.5 Å². The Labute approximate surface area is 187 Å². The highest BCUT2D eigenvalue weighted by atomic mass is 16.5. The zero-order valence-corrected chi connectivity index (χ0v) is 18.5. The number of benzene rings is 2. The SMILES string of the molecule is COc1ccc(C(=O)NC(Cc2c[nH]c3ccccc23)C(=O)N2CCCCC2)c(OC)c1. The van der Waals surface area contributed by atoms with Gasteiger partial charge in [0.15, 0.2) is 0 Å². The second kappa shape index (κ2) is 9.77. The summed E-state index contributed by atoms with van der Waals surface area (Å²) in [6, 6.07) is 12.3. The van der Waals surface area contributed by atoms with Crippen LogP contribution in [0.25, 0.3) is 10.9 Å². The van der Waals surface area contributed by atoms with E-state index in [1.807, 2.05) is 35.4 Å². The number of fused-ring (bicyclic) bond motifs is 1. The van der Waals surface area contributed by atoms with E-state index in [1.165, 1.54) is 7.11 Å². The van der Waals surface area contributed by atoms with Crippen LogP contribution in [0.2, 0.25) is 0 Å². The molecule has 1 fully saturated rings. The van der Waals surface area contributed by atoms with Gasteiger partial charge < -0.3 is 24.7 Å². The van der Waals surface area contributed by atoms with Crippen LogP contribution in [0.5, 0.6) is 11.5 Å². The Balaban J connectivity index is 1.61. The molecule has 4 rings (SSSR count). The maximum atomic E-state index is 13.4. The second-order valence-electron chi connectivity index (χ2n) is 8.04.